The highest BCUT2D eigenvalue weighted by Gasteiger charge is 2.31. The number of carbonyl (C=O) groups is 2. The Morgan fingerprint density at radius 1 is 1.37 bits per heavy atom. The Bertz CT molecular complexity index is 1060. The van der Waals surface area contributed by atoms with Crippen LogP contribution in [0, 0.1) is 0 Å². The van der Waals surface area contributed by atoms with Crippen molar-refractivity contribution in [2.24, 2.45) is 0 Å². The average molecular weight is 506 g/mol. The third kappa shape index (κ3) is 4.09. The lowest BCUT2D eigenvalue weighted by Gasteiger charge is -2.33. The molecule has 2 fully saturated rings. The Morgan fingerprint density at radius 2 is 2.17 bits per heavy atom. The van der Waals surface area contributed by atoms with Crippen LogP contribution in [0.1, 0.15) is 38.7 Å². The third-order valence-corrected chi connectivity index (χ3v) is 7.65. The predicted octanol–water partition coefficient (Wildman–Crippen LogP) is 5.03. The molecule has 5 nitrogen and oxygen atoms in total. The minimum atomic E-state index is -0.0541. The molecule has 2 aliphatic heterocycles. The highest BCUT2D eigenvalue weighted by molar-refractivity contribution is 9.10. The molecule has 0 bridgehead atoms. The summed E-state index contributed by atoms with van der Waals surface area (Å²) in [4.78, 5) is 29.9. The summed E-state index contributed by atoms with van der Waals surface area (Å²) in [6.07, 6.45) is 7.19. The first-order chi connectivity index (χ1) is 14.4. The number of hydrogen-bond acceptors (Lipinski definition) is 4. The number of piperidine rings is 1. The average Bonchev–Trinajstić information content (AvgIpc) is 3.18. The number of fused-ring (bicyclic) bond motifs is 1. The van der Waals surface area contributed by atoms with E-state index >= 15 is 0 Å². The van der Waals surface area contributed by atoms with E-state index < -0.39 is 0 Å². The lowest BCUT2D eigenvalue weighted by molar-refractivity contribution is -0.135. The van der Waals surface area contributed by atoms with Crippen molar-refractivity contribution in [3.05, 3.63) is 39.3 Å². The maximum atomic E-state index is 13.0. The van der Waals surface area contributed by atoms with Crippen molar-refractivity contribution >= 4 is 73.0 Å². The maximum absolute atomic E-state index is 13.0. The smallest absolute Gasteiger partial charge is 0.266 e. The summed E-state index contributed by atoms with van der Waals surface area (Å²) in [5, 5.41) is 1.01. The van der Waals surface area contributed by atoms with Gasteiger partial charge in [0.05, 0.1) is 4.91 Å². The molecule has 0 saturated carbocycles. The summed E-state index contributed by atoms with van der Waals surface area (Å²) in [7, 11) is 0. The fourth-order valence-electron chi connectivity index (χ4n) is 4.16. The number of amides is 2. The Kier molecular flexibility index (Phi) is 6.36. The number of thiocarbonyl (C=S) groups is 1. The van der Waals surface area contributed by atoms with Crippen molar-refractivity contribution in [2.75, 3.05) is 13.1 Å². The van der Waals surface area contributed by atoms with Crippen molar-refractivity contribution in [2.45, 2.75) is 45.7 Å². The SMILES string of the molecule is CCN1C(=O)/C(=C/c2cn(CC(=O)N3CCCC[C@H]3C)c3ccc(Br)cc23)SC1=S. The van der Waals surface area contributed by atoms with Gasteiger partial charge in [0, 0.05) is 46.3 Å². The Morgan fingerprint density at radius 3 is 2.87 bits per heavy atom. The van der Waals surface area contributed by atoms with E-state index in [-0.39, 0.29) is 17.9 Å². The summed E-state index contributed by atoms with van der Waals surface area (Å²) in [5.74, 6) is 0.0903. The van der Waals surface area contributed by atoms with Gasteiger partial charge in [-0.25, -0.2) is 0 Å². The molecule has 2 aromatic rings. The minimum Gasteiger partial charge on any atom is -0.338 e. The summed E-state index contributed by atoms with van der Waals surface area (Å²) in [6, 6.07) is 6.32. The summed E-state index contributed by atoms with van der Waals surface area (Å²) in [6.45, 7) is 5.74. The number of hydrogen-bond donors (Lipinski definition) is 0. The molecule has 4 rings (SSSR count). The second-order valence-electron chi connectivity index (χ2n) is 7.73. The van der Waals surface area contributed by atoms with Crippen LogP contribution in [0.15, 0.2) is 33.8 Å². The number of rotatable bonds is 4. The third-order valence-electron chi connectivity index (χ3n) is 5.78. The number of likely N-dealkylation sites (N-methyl/N-ethyl adjacent to an activating group) is 1. The number of likely N-dealkylation sites (tertiary alicyclic amines) is 1. The van der Waals surface area contributed by atoms with Crippen LogP contribution < -0.4 is 0 Å². The van der Waals surface area contributed by atoms with E-state index in [1.54, 1.807) is 4.90 Å². The molecule has 3 heterocycles. The fraction of sp³-hybridized carbons (Fsp3) is 0.409. The van der Waals surface area contributed by atoms with Crippen LogP contribution in [-0.4, -0.2) is 49.6 Å². The molecule has 0 N–H and O–H groups in total. The number of carbonyl (C=O) groups excluding carboxylic acids is 2. The molecule has 1 atom stereocenters. The number of nitrogens with zero attached hydrogens (tertiary/aromatic N) is 3. The number of benzene rings is 1. The summed E-state index contributed by atoms with van der Waals surface area (Å²) in [5.41, 5.74) is 1.90. The quantitative estimate of drug-likeness (QED) is 0.431. The zero-order valence-electron chi connectivity index (χ0n) is 17.1. The van der Waals surface area contributed by atoms with E-state index in [1.165, 1.54) is 18.2 Å². The molecule has 0 aliphatic carbocycles. The lowest BCUT2D eigenvalue weighted by atomic mass is 10.0. The molecule has 1 aromatic carbocycles. The van der Waals surface area contributed by atoms with E-state index in [2.05, 4.69) is 22.9 Å². The van der Waals surface area contributed by atoms with E-state index in [9.17, 15) is 9.59 Å². The monoisotopic (exact) mass is 505 g/mol. The van der Waals surface area contributed by atoms with Gasteiger partial charge < -0.3 is 9.47 Å². The van der Waals surface area contributed by atoms with Crippen molar-refractivity contribution in [1.29, 1.82) is 0 Å². The largest absolute Gasteiger partial charge is 0.338 e. The highest BCUT2D eigenvalue weighted by Crippen LogP contribution is 2.35. The second-order valence-corrected chi connectivity index (χ2v) is 10.3. The standard InChI is InChI=1S/C22H24BrN3O2S2/c1-3-25-21(28)19(30-22(25)29)10-15-12-24(18-8-7-16(23)11-17(15)18)13-20(27)26-9-5-4-6-14(26)2/h7-8,10-12,14H,3-6,9,13H2,1-2H3/b19-10-/t14-/m1/s1. The molecule has 1 aromatic heterocycles. The van der Waals surface area contributed by atoms with Gasteiger partial charge >= 0.3 is 0 Å². The van der Waals surface area contributed by atoms with E-state index in [4.69, 9.17) is 12.2 Å². The van der Waals surface area contributed by atoms with Crippen molar-refractivity contribution < 1.29 is 9.59 Å². The Balaban J connectivity index is 1.69. The molecule has 2 amide bonds. The molecule has 30 heavy (non-hydrogen) atoms. The van der Waals surface area contributed by atoms with Crippen LogP contribution in [0.3, 0.4) is 0 Å². The molecule has 0 radical (unpaired) electrons. The predicted molar refractivity (Wildman–Crippen MR) is 130 cm³/mol. The Labute approximate surface area is 194 Å². The van der Waals surface area contributed by atoms with Crippen molar-refractivity contribution in [3.63, 3.8) is 0 Å². The first kappa shape index (κ1) is 21.6. The topological polar surface area (TPSA) is 45.6 Å². The molecule has 8 heteroatoms. The van der Waals surface area contributed by atoms with E-state index in [1.807, 2.05) is 46.9 Å². The second kappa shape index (κ2) is 8.85. The molecular formula is C22H24BrN3O2S2. The van der Waals surface area contributed by atoms with Gasteiger partial charge in [0.1, 0.15) is 10.9 Å². The first-order valence-corrected chi connectivity index (χ1v) is 12.2. The molecular weight excluding hydrogens is 482 g/mol. The van der Waals surface area contributed by atoms with Crippen LogP contribution >= 0.6 is 39.9 Å². The van der Waals surface area contributed by atoms with Crippen LogP contribution in [0.5, 0.6) is 0 Å². The number of aromatic nitrogens is 1. The lowest BCUT2D eigenvalue weighted by Crippen LogP contribution is -2.43. The van der Waals surface area contributed by atoms with Crippen LogP contribution in [0.2, 0.25) is 0 Å². The fourth-order valence-corrected chi connectivity index (χ4v) is 5.90. The molecule has 158 valence electrons. The van der Waals surface area contributed by atoms with Gasteiger partial charge in [0.2, 0.25) is 5.91 Å². The number of thioether (sulfide) groups is 1. The normalized spacial score (nSPS) is 21.3. The zero-order chi connectivity index (χ0) is 21.4. The molecule has 2 saturated heterocycles. The van der Waals surface area contributed by atoms with Gasteiger partial charge in [0.25, 0.3) is 5.91 Å². The van der Waals surface area contributed by atoms with Gasteiger partial charge in [-0.15, -0.1) is 0 Å². The van der Waals surface area contributed by atoms with E-state index in [0.29, 0.717) is 22.3 Å². The van der Waals surface area contributed by atoms with Crippen LogP contribution in [-0.2, 0) is 16.1 Å². The summed E-state index contributed by atoms with van der Waals surface area (Å²) >= 11 is 10.2. The van der Waals surface area contributed by atoms with Gasteiger partial charge in [-0.2, -0.15) is 0 Å². The number of halogens is 1. The molecule has 0 spiro atoms. The maximum Gasteiger partial charge on any atom is 0.266 e. The first-order valence-electron chi connectivity index (χ1n) is 10.2. The van der Waals surface area contributed by atoms with E-state index in [0.717, 1.165) is 40.3 Å². The van der Waals surface area contributed by atoms with Crippen LogP contribution in [0.4, 0.5) is 0 Å². The Hall–Kier alpha value is -1.64. The van der Waals surface area contributed by atoms with Crippen LogP contribution in [0.25, 0.3) is 17.0 Å². The zero-order valence-corrected chi connectivity index (χ0v) is 20.3. The van der Waals surface area contributed by atoms with Crippen molar-refractivity contribution in [1.82, 2.24) is 14.4 Å². The molecule has 0 unspecified atom stereocenters. The van der Waals surface area contributed by atoms with Gasteiger partial charge in [0.15, 0.2) is 0 Å². The van der Waals surface area contributed by atoms with Gasteiger partial charge in [-0.3, -0.25) is 14.5 Å². The van der Waals surface area contributed by atoms with Crippen molar-refractivity contribution in [3.8, 4) is 0 Å². The van der Waals surface area contributed by atoms with Gasteiger partial charge in [-0.05, 0) is 57.4 Å². The molecule has 2 aliphatic rings. The highest BCUT2D eigenvalue weighted by atomic mass is 79.9. The van der Waals surface area contributed by atoms with Gasteiger partial charge in [-0.1, -0.05) is 39.9 Å². The summed E-state index contributed by atoms with van der Waals surface area (Å²) < 4.78 is 3.55. The minimum absolute atomic E-state index is 0.0541.